The molecule has 2 amide bonds. The highest BCUT2D eigenvalue weighted by Crippen LogP contribution is 2.37. The van der Waals surface area contributed by atoms with Crippen molar-refractivity contribution in [2.75, 3.05) is 14.1 Å². The highest BCUT2D eigenvalue weighted by Gasteiger charge is 2.52. The van der Waals surface area contributed by atoms with Gasteiger partial charge in [-0.1, -0.05) is 0 Å². The van der Waals surface area contributed by atoms with Gasteiger partial charge in [0, 0.05) is 14.1 Å². The molecule has 0 aromatic rings. The predicted octanol–water partition coefficient (Wildman–Crippen LogP) is 1.13. The summed E-state index contributed by atoms with van der Waals surface area (Å²) in [6, 6.07) is 0. The molecule has 16 heavy (non-hydrogen) atoms. The van der Waals surface area contributed by atoms with Crippen LogP contribution < -0.4 is 5.32 Å². The number of hydrogen-bond acceptors (Lipinski definition) is 3. The molecule has 0 aliphatic heterocycles. The number of nitrogens with zero attached hydrogens (tertiary/aromatic N) is 1. The van der Waals surface area contributed by atoms with Gasteiger partial charge >= 0.3 is 6.09 Å². The molecule has 1 fully saturated rings. The van der Waals surface area contributed by atoms with Crippen LogP contribution in [-0.4, -0.2) is 42.1 Å². The van der Waals surface area contributed by atoms with Crippen LogP contribution in [0.25, 0.3) is 0 Å². The van der Waals surface area contributed by atoms with E-state index < -0.39 is 17.2 Å². The van der Waals surface area contributed by atoms with Crippen LogP contribution in [0.5, 0.6) is 0 Å². The van der Waals surface area contributed by atoms with Gasteiger partial charge in [0.1, 0.15) is 11.1 Å². The Morgan fingerprint density at radius 3 is 2.06 bits per heavy atom. The van der Waals surface area contributed by atoms with Crippen molar-refractivity contribution in [1.29, 1.82) is 0 Å². The summed E-state index contributed by atoms with van der Waals surface area (Å²) in [5, 5.41) is 2.65. The van der Waals surface area contributed by atoms with E-state index in [0.717, 1.165) is 0 Å². The molecule has 0 radical (unpaired) electrons. The first-order valence-corrected chi connectivity index (χ1v) is 5.39. The number of amides is 2. The van der Waals surface area contributed by atoms with Gasteiger partial charge in [-0.25, -0.2) is 4.79 Å². The van der Waals surface area contributed by atoms with Crippen LogP contribution in [0.1, 0.15) is 33.6 Å². The van der Waals surface area contributed by atoms with Crippen molar-refractivity contribution >= 4 is 12.0 Å². The quantitative estimate of drug-likeness (QED) is 0.770. The monoisotopic (exact) mass is 228 g/mol. The maximum atomic E-state index is 11.8. The molecule has 1 aliphatic carbocycles. The van der Waals surface area contributed by atoms with E-state index in [1.54, 1.807) is 34.9 Å². The second kappa shape index (κ2) is 3.96. The molecule has 5 nitrogen and oxygen atoms in total. The molecule has 92 valence electrons. The van der Waals surface area contributed by atoms with Gasteiger partial charge in [-0.15, -0.1) is 0 Å². The molecule has 0 unspecified atom stereocenters. The number of rotatable bonds is 2. The average molecular weight is 228 g/mol. The van der Waals surface area contributed by atoms with Crippen LogP contribution in [0.15, 0.2) is 0 Å². The first kappa shape index (κ1) is 12.8. The average Bonchev–Trinajstić information content (AvgIpc) is 2.80. The molecule has 0 heterocycles. The van der Waals surface area contributed by atoms with Gasteiger partial charge in [0.2, 0.25) is 5.91 Å². The zero-order valence-electron chi connectivity index (χ0n) is 10.6. The second-order valence-electron chi connectivity index (χ2n) is 5.41. The van der Waals surface area contributed by atoms with E-state index in [1.165, 1.54) is 4.90 Å². The molecular weight excluding hydrogens is 208 g/mol. The zero-order valence-corrected chi connectivity index (χ0v) is 10.6. The SMILES string of the molecule is CN(C)C(=O)C1(NC(=O)OC(C)(C)C)CC1. The normalized spacial score (nSPS) is 17.6. The number of likely N-dealkylation sites (N-methyl/N-ethyl adjacent to an activating group) is 1. The van der Waals surface area contributed by atoms with Crippen molar-refractivity contribution < 1.29 is 14.3 Å². The summed E-state index contributed by atoms with van der Waals surface area (Å²) < 4.78 is 5.12. The molecule has 1 N–H and O–H groups in total. The van der Waals surface area contributed by atoms with E-state index in [2.05, 4.69) is 5.32 Å². The molecule has 0 aromatic heterocycles. The Morgan fingerprint density at radius 2 is 1.75 bits per heavy atom. The zero-order chi connectivity index (χ0) is 12.6. The molecule has 1 rings (SSSR count). The van der Waals surface area contributed by atoms with E-state index in [-0.39, 0.29) is 5.91 Å². The largest absolute Gasteiger partial charge is 0.444 e. The van der Waals surface area contributed by atoms with Crippen LogP contribution in [0, 0.1) is 0 Å². The lowest BCUT2D eigenvalue weighted by atomic mass is 10.2. The third-order valence-corrected chi connectivity index (χ3v) is 2.31. The van der Waals surface area contributed by atoms with Crippen molar-refractivity contribution in [2.24, 2.45) is 0 Å². The van der Waals surface area contributed by atoms with Crippen molar-refractivity contribution in [3.63, 3.8) is 0 Å². The number of ether oxygens (including phenoxy) is 1. The maximum absolute atomic E-state index is 11.8. The first-order valence-electron chi connectivity index (χ1n) is 5.39. The Morgan fingerprint density at radius 1 is 1.25 bits per heavy atom. The van der Waals surface area contributed by atoms with E-state index in [4.69, 9.17) is 4.74 Å². The van der Waals surface area contributed by atoms with Crippen LogP contribution in [-0.2, 0) is 9.53 Å². The molecule has 0 atom stereocenters. The number of carbonyl (C=O) groups is 2. The Kier molecular flexibility index (Phi) is 3.17. The molecule has 0 aromatic carbocycles. The molecule has 0 bridgehead atoms. The predicted molar refractivity (Wildman–Crippen MR) is 60.0 cm³/mol. The highest BCUT2D eigenvalue weighted by atomic mass is 16.6. The number of nitrogens with one attached hydrogen (secondary N) is 1. The fourth-order valence-corrected chi connectivity index (χ4v) is 1.44. The summed E-state index contributed by atoms with van der Waals surface area (Å²) >= 11 is 0. The maximum Gasteiger partial charge on any atom is 0.408 e. The molecule has 0 spiro atoms. The molecular formula is C11H20N2O3. The van der Waals surface area contributed by atoms with Gasteiger partial charge in [-0.3, -0.25) is 4.79 Å². The van der Waals surface area contributed by atoms with E-state index in [1.807, 2.05) is 0 Å². The van der Waals surface area contributed by atoms with Gasteiger partial charge in [0.05, 0.1) is 0 Å². The third kappa shape index (κ3) is 3.12. The number of hydrogen-bond donors (Lipinski definition) is 1. The lowest BCUT2D eigenvalue weighted by Crippen LogP contribution is -2.49. The highest BCUT2D eigenvalue weighted by molar-refractivity contribution is 5.92. The molecule has 5 heteroatoms. The van der Waals surface area contributed by atoms with E-state index in [0.29, 0.717) is 12.8 Å². The summed E-state index contributed by atoms with van der Waals surface area (Å²) in [7, 11) is 3.36. The van der Waals surface area contributed by atoms with Gasteiger partial charge in [-0.05, 0) is 33.6 Å². The Hall–Kier alpha value is -1.26. The fourth-order valence-electron chi connectivity index (χ4n) is 1.44. The number of alkyl carbamates (subject to hydrolysis) is 1. The summed E-state index contributed by atoms with van der Waals surface area (Å²) in [5.41, 5.74) is -1.26. The van der Waals surface area contributed by atoms with E-state index in [9.17, 15) is 9.59 Å². The Balaban J connectivity index is 2.55. The van der Waals surface area contributed by atoms with Crippen LogP contribution in [0.4, 0.5) is 4.79 Å². The van der Waals surface area contributed by atoms with Crippen LogP contribution in [0.3, 0.4) is 0 Å². The number of carbonyl (C=O) groups excluding carboxylic acids is 2. The fraction of sp³-hybridized carbons (Fsp3) is 0.818. The summed E-state index contributed by atoms with van der Waals surface area (Å²) in [4.78, 5) is 24.8. The van der Waals surface area contributed by atoms with Crippen molar-refractivity contribution in [3.8, 4) is 0 Å². The topological polar surface area (TPSA) is 58.6 Å². The molecule has 1 aliphatic rings. The van der Waals surface area contributed by atoms with Gasteiger partial charge in [0.25, 0.3) is 0 Å². The minimum absolute atomic E-state index is 0.0710. The Bertz CT molecular complexity index is 301. The third-order valence-electron chi connectivity index (χ3n) is 2.31. The summed E-state index contributed by atoms with van der Waals surface area (Å²) in [6.45, 7) is 5.37. The van der Waals surface area contributed by atoms with Gasteiger partial charge in [-0.2, -0.15) is 0 Å². The van der Waals surface area contributed by atoms with Crippen molar-refractivity contribution in [2.45, 2.75) is 44.8 Å². The first-order chi connectivity index (χ1) is 7.16. The standard InChI is InChI=1S/C11H20N2O3/c1-10(2,3)16-9(15)12-11(6-7-11)8(14)13(4)5/h6-7H2,1-5H3,(H,12,15). The Labute approximate surface area is 96.1 Å². The molecule has 0 saturated heterocycles. The summed E-state index contributed by atoms with van der Waals surface area (Å²) in [6.07, 6.45) is 0.840. The minimum atomic E-state index is -0.716. The molecule has 1 saturated carbocycles. The lowest BCUT2D eigenvalue weighted by molar-refractivity contribution is -0.132. The van der Waals surface area contributed by atoms with Crippen molar-refractivity contribution in [1.82, 2.24) is 10.2 Å². The van der Waals surface area contributed by atoms with Crippen LogP contribution in [0.2, 0.25) is 0 Å². The summed E-state index contributed by atoms with van der Waals surface area (Å²) in [5.74, 6) is -0.0710. The van der Waals surface area contributed by atoms with E-state index >= 15 is 0 Å². The lowest BCUT2D eigenvalue weighted by Gasteiger charge is -2.24. The van der Waals surface area contributed by atoms with Gasteiger partial charge in [0.15, 0.2) is 0 Å². The van der Waals surface area contributed by atoms with Gasteiger partial charge < -0.3 is 15.0 Å². The van der Waals surface area contributed by atoms with Crippen molar-refractivity contribution in [3.05, 3.63) is 0 Å². The van der Waals surface area contributed by atoms with Crippen LogP contribution >= 0.6 is 0 Å². The second-order valence-corrected chi connectivity index (χ2v) is 5.41. The minimum Gasteiger partial charge on any atom is -0.444 e. The smallest absolute Gasteiger partial charge is 0.408 e.